The summed E-state index contributed by atoms with van der Waals surface area (Å²) in [5.41, 5.74) is 5.50. The lowest BCUT2D eigenvalue weighted by Gasteiger charge is -2.13. The Morgan fingerprint density at radius 2 is 1.88 bits per heavy atom. The third-order valence-corrected chi connectivity index (χ3v) is 3.69. The smallest absolute Gasteiger partial charge is 0.119 e. The second-order valence-electron chi connectivity index (χ2n) is 3.97. The van der Waals surface area contributed by atoms with Crippen molar-refractivity contribution in [3.63, 3.8) is 0 Å². The zero-order chi connectivity index (χ0) is 12.0. The van der Waals surface area contributed by atoms with Gasteiger partial charge in [0.15, 0.2) is 0 Å². The van der Waals surface area contributed by atoms with Gasteiger partial charge in [0, 0.05) is 16.7 Å². The van der Waals surface area contributed by atoms with Crippen LogP contribution < -0.4 is 10.5 Å². The summed E-state index contributed by atoms with van der Waals surface area (Å²) in [6.07, 6.45) is 1.26. The molecule has 0 bridgehead atoms. The standard InChI is InChI=1S/C13H21NOS/c1-4-11(3)16-13-7-5-12(6-8-13)15-10(2)9-14/h5-8,10-11H,4,9,14H2,1-3H3. The minimum absolute atomic E-state index is 0.0769. The lowest BCUT2D eigenvalue weighted by molar-refractivity contribution is 0.230. The first-order valence-corrected chi connectivity index (χ1v) is 6.67. The number of ether oxygens (including phenoxy) is 1. The van der Waals surface area contributed by atoms with E-state index in [1.54, 1.807) is 0 Å². The maximum atomic E-state index is 5.62. The van der Waals surface area contributed by atoms with Gasteiger partial charge in [0.25, 0.3) is 0 Å². The first kappa shape index (κ1) is 13.4. The van der Waals surface area contributed by atoms with Crippen LogP contribution in [0.15, 0.2) is 29.2 Å². The predicted octanol–water partition coefficient (Wildman–Crippen LogP) is 3.30. The minimum Gasteiger partial charge on any atom is -0.489 e. The van der Waals surface area contributed by atoms with Crippen LogP contribution in [0.25, 0.3) is 0 Å². The normalized spacial score (nSPS) is 14.5. The Kier molecular flexibility index (Phi) is 5.71. The van der Waals surface area contributed by atoms with Crippen LogP contribution in [0.3, 0.4) is 0 Å². The highest BCUT2D eigenvalue weighted by molar-refractivity contribution is 7.99. The monoisotopic (exact) mass is 239 g/mol. The fraction of sp³-hybridized carbons (Fsp3) is 0.538. The molecule has 0 aliphatic heterocycles. The summed E-state index contributed by atoms with van der Waals surface area (Å²) >= 11 is 1.90. The number of hydrogen-bond donors (Lipinski definition) is 1. The van der Waals surface area contributed by atoms with E-state index in [1.807, 2.05) is 30.8 Å². The molecule has 0 aliphatic carbocycles. The third kappa shape index (κ3) is 4.45. The van der Waals surface area contributed by atoms with Gasteiger partial charge in [-0.2, -0.15) is 0 Å². The fourth-order valence-electron chi connectivity index (χ4n) is 1.19. The quantitative estimate of drug-likeness (QED) is 0.774. The Labute approximate surface area is 103 Å². The van der Waals surface area contributed by atoms with Gasteiger partial charge < -0.3 is 10.5 Å². The van der Waals surface area contributed by atoms with Crippen LogP contribution >= 0.6 is 11.8 Å². The molecular formula is C13H21NOS. The molecule has 1 aromatic rings. The molecule has 2 N–H and O–H groups in total. The summed E-state index contributed by atoms with van der Waals surface area (Å²) in [5.74, 6) is 0.895. The molecule has 1 aromatic carbocycles. The molecule has 16 heavy (non-hydrogen) atoms. The van der Waals surface area contributed by atoms with Gasteiger partial charge in [0.1, 0.15) is 11.9 Å². The van der Waals surface area contributed by atoms with Gasteiger partial charge in [-0.1, -0.05) is 13.8 Å². The van der Waals surface area contributed by atoms with E-state index in [-0.39, 0.29) is 6.10 Å². The molecule has 0 radical (unpaired) electrons. The van der Waals surface area contributed by atoms with Crippen LogP contribution in [0, 0.1) is 0 Å². The number of nitrogens with two attached hydrogens (primary N) is 1. The van der Waals surface area contributed by atoms with Crippen LogP contribution in [0.5, 0.6) is 5.75 Å². The van der Waals surface area contributed by atoms with Crippen molar-refractivity contribution in [3.05, 3.63) is 24.3 Å². The van der Waals surface area contributed by atoms with Crippen LogP contribution in [0.2, 0.25) is 0 Å². The second kappa shape index (κ2) is 6.81. The molecule has 2 unspecified atom stereocenters. The van der Waals surface area contributed by atoms with E-state index in [0.717, 1.165) is 5.75 Å². The molecule has 0 aliphatic rings. The van der Waals surface area contributed by atoms with E-state index in [1.165, 1.54) is 11.3 Å². The van der Waals surface area contributed by atoms with Gasteiger partial charge in [-0.05, 0) is 37.6 Å². The van der Waals surface area contributed by atoms with Crippen molar-refractivity contribution in [2.24, 2.45) is 5.73 Å². The fourth-order valence-corrected chi connectivity index (χ4v) is 2.12. The number of benzene rings is 1. The largest absolute Gasteiger partial charge is 0.489 e. The van der Waals surface area contributed by atoms with Crippen molar-refractivity contribution >= 4 is 11.8 Å². The van der Waals surface area contributed by atoms with Gasteiger partial charge in [-0.15, -0.1) is 11.8 Å². The van der Waals surface area contributed by atoms with Crippen molar-refractivity contribution < 1.29 is 4.74 Å². The highest BCUT2D eigenvalue weighted by atomic mass is 32.2. The number of thioether (sulfide) groups is 1. The van der Waals surface area contributed by atoms with Crippen LogP contribution in [0.1, 0.15) is 27.2 Å². The molecule has 0 heterocycles. The molecule has 0 fully saturated rings. The Morgan fingerprint density at radius 3 is 2.38 bits per heavy atom. The zero-order valence-electron chi connectivity index (χ0n) is 10.3. The molecular weight excluding hydrogens is 218 g/mol. The van der Waals surface area contributed by atoms with Crippen LogP contribution in [0.4, 0.5) is 0 Å². The van der Waals surface area contributed by atoms with Crippen molar-refractivity contribution in [1.82, 2.24) is 0 Å². The molecule has 0 spiro atoms. The molecule has 0 aromatic heterocycles. The van der Waals surface area contributed by atoms with E-state index in [4.69, 9.17) is 10.5 Å². The van der Waals surface area contributed by atoms with E-state index in [9.17, 15) is 0 Å². The third-order valence-electron chi connectivity index (χ3n) is 2.41. The average Bonchev–Trinajstić information content (AvgIpc) is 2.31. The lowest BCUT2D eigenvalue weighted by atomic mass is 10.3. The molecule has 1 rings (SSSR count). The zero-order valence-corrected chi connectivity index (χ0v) is 11.1. The summed E-state index contributed by atoms with van der Waals surface area (Å²) in [5, 5.41) is 0.662. The van der Waals surface area contributed by atoms with Crippen LogP contribution in [-0.2, 0) is 0 Å². The van der Waals surface area contributed by atoms with Crippen molar-refractivity contribution in [3.8, 4) is 5.75 Å². The van der Waals surface area contributed by atoms with E-state index < -0.39 is 0 Å². The molecule has 0 saturated carbocycles. The maximum Gasteiger partial charge on any atom is 0.119 e. The van der Waals surface area contributed by atoms with E-state index >= 15 is 0 Å². The molecule has 0 saturated heterocycles. The van der Waals surface area contributed by atoms with Crippen molar-refractivity contribution in [2.75, 3.05) is 6.54 Å². The SMILES string of the molecule is CCC(C)Sc1ccc(OC(C)CN)cc1. The minimum atomic E-state index is 0.0769. The summed E-state index contributed by atoms with van der Waals surface area (Å²) in [6.45, 7) is 6.97. The second-order valence-corrected chi connectivity index (χ2v) is 5.48. The van der Waals surface area contributed by atoms with Gasteiger partial charge >= 0.3 is 0 Å². The Morgan fingerprint density at radius 1 is 1.25 bits per heavy atom. The summed E-state index contributed by atoms with van der Waals surface area (Å²) in [6, 6.07) is 8.23. The van der Waals surface area contributed by atoms with Gasteiger partial charge in [0.05, 0.1) is 0 Å². The number of rotatable bonds is 6. The molecule has 0 amide bonds. The molecule has 2 nitrogen and oxygen atoms in total. The van der Waals surface area contributed by atoms with Crippen LogP contribution in [-0.4, -0.2) is 17.9 Å². The topological polar surface area (TPSA) is 35.2 Å². The summed E-state index contributed by atoms with van der Waals surface area (Å²) < 4.78 is 5.62. The number of hydrogen-bond acceptors (Lipinski definition) is 3. The maximum absolute atomic E-state index is 5.62. The summed E-state index contributed by atoms with van der Waals surface area (Å²) in [7, 11) is 0. The lowest BCUT2D eigenvalue weighted by Crippen LogP contribution is -2.22. The highest BCUT2D eigenvalue weighted by Gasteiger charge is 2.03. The first-order valence-electron chi connectivity index (χ1n) is 5.79. The van der Waals surface area contributed by atoms with Gasteiger partial charge in [-0.3, -0.25) is 0 Å². The first-order chi connectivity index (χ1) is 7.65. The van der Waals surface area contributed by atoms with Crippen molar-refractivity contribution in [1.29, 1.82) is 0 Å². The van der Waals surface area contributed by atoms with E-state index in [0.29, 0.717) is 11.8 Å². The summed E-state index contributed by atoms with van der Waals surface area (Å²) in [4.78, 5) is 1.29. The molecule has 3 heteroatoms. The molecule has 90 valence electrons. The van der Waals surface area contributed by atoms with Gasteiger partial charge in [-0.25, -0.2) is 0 Å². The Hall–Kier alpha value is -0.670. The predicted molar refractivity (Wildman–Crippen MR) is 71.2 cm³/mol. The Bertz CT molecular complexity index is 268. The average molecular weight is 239 g/mol. The van der Waals surface area contributed by atoms with E-state index in [2.05, 4.69) is 26.0 Å². The highest BCUT2D eigenvalue weighted by Crippen LogP contribution is 2.26. The molecule has 2 atom stereocenters. The van der Waals surface area contributed by atoms with Gasteiger partial charge in [0.2, 0.25) is 0 Å². The Balaban J connectivity index is 2.54. The van der Waals surface area contributed by atoms with Crippen molar-refractivity contribution in [2.45, 2.75) is 43.4 Å².